The smallest absolute Gasteiger partial charge is 0.303 e. The van der Waals surface area contributed by atoms with Crippen molar-refractivity contribution in [2.75, 3.05) is 6.54 Å². The van der Waals surface area contributed by atoms with Gasteiger partial charge in [-0.1, -0.05) is 70.6 Å². The van der Waals surface area contributed by atoms with Crippen molar-refractivity contribution >= 4 is 12.3 Å². The molecule has 28 heavy (non-hydrogen) atoms. The Morgan fingerprint density at radius 3 is 1.75 bits per heavy atom. The molecule has 0 saturated heterocycles. The maximum absolute atomic E-state index is 10.4. The lowest BCUT2D eigenvalue weighted by atomic mass is 10.0. The summed E-state index contributed by atoms with van der Waals surface area (Å²) in [6.45, 7) is 0.770. The Labute approximate surface area is 171 Å². The van der Waals surface area contributed by atoms with E-state index in [0.29, 0.717) is 12.8 Å². The van der Waals surface area contributed by atoms with Crippen molar-refractivity contribution < 1.29 is 19.8 Å². The van der Waals surface area contributed by atoms with Gasteiger partial charge in [0.15, 0.2) is 0 Å². The van der Waals surface area contributed by atoms with E-state index in [1.165, 1.54) is 51.4 Å². The van der Waals surface area contributed by atoms with Crippen LogP contribution >= 0.6 is 0 Å². The van der Waals surface area contributed by atoms with Crippen LogP contribution < -0.4 is 11.1 Å². The summed E-state index contributed by atoms with van der Waals surface area (Å²) in [5.41, 5.74) is 5.53. The highest BCUT2D eigenvalue weighted by Crippen LogP contribution is 2.13. The molecule has 0 aliphatic heterocycles. The van der Waals surface area contributed by atoms with Gasteiger partial charge in [-0.3, -0.25) is 10.1 Å². The van der Waals surface area contributed by atoms with Crippen LogP contribution in [0.5, 0.6) is 0 Å². The van der Waals surface area contributed by atoms with E-state index in [4.69, 9.17) is 10.8 Å². The van der Waals surface area contributed by atoms with Crippen LogP contribution in [0.3, 0.4) is 0 Å². The monoisotopic (exact) mass is 400 g/mol. The fourth-order valence-electron chi connectivity index (χ4n) is 3.33. The minimum absolute atomic E-state index is 0.310. The van der Waals surface area contributed by atoms with Crippen molar-refractivity contribution in [3.8, 4) is 0 Å². The molecule has 0 radical (unpaired) electrons. The van der Waals surface area contributed by atoms with Gasteiger partial charge in [-0.15, -0.1) is 0 Å². The van der Waals surface area contributed by atoms with Gasteiger partial charge >= 0.3 is 5.97 Å². The standard InChI is InChI=1S/C22H44N2O4/c23-20(19-25)15-13-14-18-24-21(26)16-11-9-7-5-3-1-2-4-6-8-10-12-17-22(27)28/h19-21,24,26H,1-18,23H2,(H,27,28). The average molecular weight is 401 g/mol. The molecule has 5 N–H and O–H groups in total. The van der Waals surface area contributed by atoms with E-state index in [0.717, 1.165) is 57.8 Å². The molecule has 0 aromatic heterocycles. The summed E-state index contributed by atoms with van der Waals surface area (Å²) >= 11 is 0. The number of unbranched alkanes of at least 4 members (excludes halogenated alkanes) is 12. The first-order chi connectivity index (χ1) is 13.6. The Kier molecular flexibility index (Phi) is 20.0. The summed E-state index contributed by atoms with van der Waals surface area (Å²) in [5.74, 6) is -0.682. The summed E-state index contributed by atoms with van der Waals surface area (Å²) < 4.78 is 0. The van der Waals surface area contributed by atoms with Crippen LogP contribution in [0, 0.1) is 0 Å². The number of hydrogen-bond acceptors (Lipinski definition) is 5. The predicted molar refractivity (Wildman–Crippen MR) is 114 cm³/mol. The lowest BCUT2D eigenvalue weighted by molar-refractivity contribution is -0.137. The number of nitrogens with two attached hydrogens (primary N) is 1. The van der Waals surface area contributed by atoms with E-state index < -0.39 is 12.2 Å². The number of aliphatic carboxylic acids is 1. The van der Waals surface area contributed by atoms with Crippen molar-refractivity contribution in [1.82, 2.24) is 5.32 Å². The molecule has 0 aromatic carbocycles. The maximum Gasteiger partial charge on any atom is 0.303 e. The zero-order chi connectivity index (χ0) is 20.9. The quantitative estimate of drug-likeness (QED) is 0.123. The molecular formula is C22H44N2O4. The molecule has 0 fully saturated rings. The van der Waals surface area contributed by atoms with Crippen LogP contribution in [0.1, 0.15) is 109 Å². The topological polar surface area (TPSA) is 113 Å². The molecule has 6 nitrogen and oxygen atoms in total. The van der Waals surface area contributed by atoms with Gasteiger partial charge in [0.25, 0.3) is 0 Å². The number of hydrogen-bond donors (Lipinski definition) is 4. The first-order valence-electron chi connectivity index (χ1n) is 11.4. The van der Waals surface area contributed by atoms with Crippen LogP contribution in [0.2, 0.25) is 0 Å². The Bertz CT molecular complexity index is 366. The zero-order valence-corrected chi connectivity index (χ0v) is 17.7. The molecule has 0 amide bonds. The number of rotatable bonds is 22. The number of aldehydes is 1. The molecule has 166 valence electrons. The predicted octanol–water partition coefficient (Wildman–Crippen LogP) is 4.14. The minimum atomic E-state index is -0.682. The summed E-state index contributed by atoms with van der Waals surface area (Å²) in [4.78, 5) is 20.8. The highest BCUT2D eigenvalue weighted by atomic mass is 16.4. The van der Waals surface area contributed by atoms with Crippen LogP contribution in [-0.4, -0.2) is 41.3 Å². The van der Waals surface area contributed by atoms with Gasteiger partial charge in [-0.05, 0) is 38.6 Å². The third-order valence-corrected chi connectivity index (χ3v) is 5.14. The Hall–Kier alpha value is -0.980. The van der Waals surface area contributed by atoms with Gasteiger partial charge in [0, 0.05) is 6.42 Å². The third kappa shape index (κ3) is 21.3. The van der Waals surface area contributed by atoms with Gasteiger partial charge in [0.2, 0.25) is 0 Å². The van der Waals surface area contributed by atoms with Crippen LogP contribution in [0.25, 0.3) is 0 Å². The van der Waals surface area contributed by atoms with Crippen LogP contribution in [0.15, 0.2) is 0 Å². The fraction of sp³-hybridized carbons (Fsp3) is 0.909. The zero-order valence-electron chi connectivity index (χ0n) is 17.7. The number of carbonyl (C=O) groups excluding carboxylic acids is 1. The second-order valence-corrected chi connectivity index (χ2v) is 7.94. The molecule has 0 saturated carbocycles. The molecule has 0 aliphatic carbocycles. The lowest BCUT2D eigenvalue weighted by Gasteiger charge is -2.12. The molecule has 2 atom stereocenters. The molecule has 0 aromatic rings. The fourth-order valence-corrected chi connectivity index (χ4v) is 3.33. The van der Waals surface area contributed by atoms with Crippen molar-refractivity contribution in [1.29, 1.82) is 0 Å². The number of aliphatic hydroxyl groups excluding tert-OH is 1. The third-order valence-electron chi connectivity index (χ3n) is 5.14. The van der Waals surface area contributed by atoms with Gasteiger partial charge in [0.1, 0.15) is 12.5 Å². The van der Waals surface area contributed by atoms with Gasteiger partial charge < -0.3 is 20.7 Å². The Morgan fingerprint density at radius 1 is 0.786 bits per heavy atom. The maximum atomic E-state index is 10.4. The largest absolute Gasteiger partial charge is 0.481 e. The SMILES string of the molecule is NC(C=O)CCCCNC(O)CCCCCCCCCCCCCCC(=O)O. The summed E-state index contributed by atoms with van der Waals surface area (Å²) in [5, 5.41) is 21.6. The molecule has 0 heterocycles. The molecular weight excluding hydrogens is 356 g/mol. The molecule has 0 rings (SSSR count). The molecule has 6 heteroatoms. The minimum Gasteiger partial charge on any atom is -0.481 e. The number of carboxylic acids is 1. The number of carboxylic acid groups (broad SMARTS) is 1. The molecule has 0 bridgehead atoms. The summed E-state index contributed by atoms with van der Waals surface area (Å²) in [6.07, 6.45) is 18.2. The van der Waals surface area contributed by atoms with Crippen LogP contribution in [-0.2, 0) is 9.59 Å². The second kappa shape index (κ2) is 20.7. The number of carbonyl (C=O) groups is 2. The van der Waals surface area contributed by atoms with Crippen molar-refractivity contribution in [3.63, 3.8) is 0 Å². The average Bonchev–Trinajstić information content (AvgIpc) is 2.67. The first kappa shape index (κ1) is 27.0. The van der Waals surface area contributed by atoms with Crippen molar-refractivity contribution in [3.05, 3.63) is 0 Å². The molecule has 0 aliphatic rings. The Morgan fingerprint density at radius 2 is 1.25 bits per heavy atom. The van der Waals surface area contributed by atoms with E-state index in [2.05, 4.69) is 5.32 Å². The summed E-state index contributed by atoms with van der Waals surface area (Å²) in [6, 6.07) is -0.347. The van der Waals surface area contributed by atoms with E-state index >= 15 is 0 Å². The van der Waals surface area contributed by atoms with Gasteiger partial charge in [0.05, 0.1) is 6.04 Å². The van der Waals surface area contributed by atoms with Crippen molar-refractivity contribution in [2.45, 2.75) is 121 Å². The Balaban J connectivity index is 3.18. The first-order valence-corrected chi connectivity index (χ1v) is 11.4. The van der Waals surface area contributed by atoms with Crippen molar-refractivity contribution in [2.24, 2.45) is 5.73 Å². The van der Waals surface area contributed by atoms with Gasteiger partial charge in [-0.25, -0.2) is 0 Å². The lowest BCUT2D eigenvalue weighted by Crippen LogP contribution is -2.29. The highest BCUT2D eigenvalue weighted by Gasteiger charge is 2.03. The van der Waals surface area contributed by atoms with E-state index in [1.54, 1.807) is 0 Å². The molecule has 0 spiro atoms. The van der Waals surface area contributed by atoms with E-state index in [9.17, 15) is 14.7 Å². The summed E-state index contributed by atoms with van der Waals surface area (Å²) in [7, 11) is 0. The molecule has 2 unspecified atom stereocenters. The van der Waals surface area contributed by atoms with Crippen LogP contribution in [0.4, 0.5) is 0 Å². The van der Waals surface area contributed by atoms with E-state index in [1.807, 2.05) is 0 Å². The number of nitrogens with one attached hydrogen (secondary N) is 1. The highest BCUT2D eigenvalue weighted by molar-refractivity contribution is 5.66. The van der Waals surface area contributed by atoms with Gasteiger partial charge in [-0.2, -0.15) is 0 Å². The number of aliphatic hydroxyl groups is 1. The van der Waals surface area contributed by atoms with E-state index in [-0.39, 0.29) is 6.04 Å². The normalized spacial score (nSPS) is 13.4. The second-order valence-electron chi connectivity index (χ2n) is 7.94.